The Kier molecular flexibility index (Phi) is 4.17. The van der Waals surface area contributed by atoms with Crippen LogP contribution in [0.4, 0.5) is 5.82 Å². The molecule has 0 fully saturated rings. The largest absolute Gasteiger partial charge is 0.373 e. The van der Waals surface area contributed by atoms with E-state index in [0.29, 0.717) is 0 Å². The van der Waals surface area contributed by atoms with Crippen LogP contribution in [0.3, 0.4) is 0 Å². The number of aryl methyl sites for hydroxylation is 1. The predicted octanol–water partition coefficient (Wildman–Crippen LogP) is 4.33. The van der Waals surface area contributed by atoms with E-state index in [1.807, 2.05) is 19.2 Å². The molecule has 2 rings (SSSR count). The number of aromatic nitrogens is 2. The van der Waals surface area contributed by atoms with Gasteiger partial charge in [-0.3, -0.25) is 0 Å². The summed E-state index contributed by atoms with van der Waals surface area (Å²) in [4.78, 5) is 10.1. The summed E-state index contributed by atoms with van der Waals surface area (Å²) in [5.74, 6) is 1.62. The third-order valence-corrected chi connectivity index (χ3v) is 5.52. The SMILES string of the molecule is CCc1cc(NC)nc(-c2cc(Br)c(Br)s2)n1. The highest BCUT2D eigenvalue weighted by Crippen LogP contribution is 2.37. The van der Waals surface area contributed by atoms with Crippen molar-refractivity contribution in [2.45, 2.75) is 13.3 Å². The van der Waals surface area contributed by atoms with Crippen molar-refractivity contribution < 1.29 is 0 Å². The maximum Gasteiger partial charge on any atom is 0.171 e. The van der Waals surface area contributed by atoms with Crippen molar-refractivity contribution in [3.63, 3.8) is 0 Å². The first kappa shape index (κ1) is 13.0. The van der Waals surface area contributed by atoms with Crippen LogP contribution in [0.15, 0.2) is 20.4 Å². The van der Waals surface area contributed by atoms with Crippen LogP contribution in [-0.2, 0) is 6.42 Å². The van der Waals surface area contributed by atoms with Crippen LogP contribution < -0.4 is 5.32 Å². The molecule has 2 heterocycles. The normalized spacial score (nSPS) is 10.6. The van der Waals surface area contributed by atoms with Gasteiger partial charge < -0.3 is 5.32 Å². The minimum atomic E-state index is 0.769. The fourth-order valence-corrected chi connectivity index (χ4v) is 3.34. The van der Waals surface area contributed by atoms with E-state index in [0.717, 1.165) is 36.9 Å². The number of thiophene rings is 1. The second kappa shape index (κ2) is 5.46. The highest BCUT2D eigenvalue weighted by molar-refractivity contribution is 9.13. The third-order valence-electron chi connectivity index (χ3n) is 2.26. The Hall–Kier alpha value is -0.460. The molecule has 17 heavy (non-hydrogen) atoms. The lowest BCUT2D eigenvalue weighted by atomic mass is 10.3. The van der Waals surface area contributed by atoms with Gasteiger partial charge >= 0.3 is 0 Å². The van der Waals surface area contributed by atoms with Gasteiger partial charge in [0.1, 0.15) is 5.82 Å². The molecule has 0 radical (unpaired) electrons. The van der Waals surface area contributed by atoms with Gasteiger partial charge in [-0.25, -0.2) is 9.97 Å². The summed E-state index contributed by atoms with van der Waals surface area (Å²) in [7, 11) is 1.87. The zero-order chi connectivity index (χ0) is 12.4. The Labute approximate surface area is 121 Å². The van der Waals surface area contributed by atoms with Crippen LogP contribution in [0.1, 0.15) is 12.6 Å². The lowest BCUT2D eigenvalue weighted by Crippen LogP contribution is -1.99. The quantitative estimate of drug-likeness (QED) is 0.865. The van der Waals surface area contributed by atoms with Crippen LogP contribution in [0, 0.1) is 0 Å². The molecule has 0 bridgehead atoms. The number of rotatable bonds is 3. The Morgan fingerprint density at radius 3 is 2.59 bits per heavy atom. The van der Waals surface area contributed by atoms with E-state index in [4.69, 9.17) is 0 Å². The smallest absolute Gasteiger partial charge is 0.171 e. The van der Waals surface area contributed by atoms with Crippen molar-refractivity contribution in [2.24, 2.45) is 0 Å². The molecule has 0 atom stereocenters. The summed E-state index contributed by atoms with van der Waals surface area (Å²) in [6.45, 7) is 2.09. The van der Waals surface area contributed by atoms with E-state index >= 15 is 0 Å². The minimum absolute atomic E-state index is 0.769. The fourth-order valence-electron chi connectivity index (χ4n) is 1.37. The first-order chi connectivity index (χ1) is 8.13. The van der Waals surface area contributed by atoms with Gasteiger partial charge in [-0.2, -0.15) is 0 Å². The lowest BCUT2D eigenvalue weighted by Gasteiger charge is -2.04. The van der Waals surface area contributed by atoms with Crippen LogP contribution >= 0.6 is 43.2 Å². The molecule has 0 aliphatic rings. The number of nitrogens with zero attached hydrogens (tertiary/aromatic N) is 2. The van der Waals surface area contributed by atoms with Crippen molar-refractivity contribution >= 4 is 49.0 Å². The number of nitrogens with one attached hydrogen (secondary N) is 1. The molecule has 0 aromatic carbocycles. The number of anilines is 1. The Balaban J connectivity index is 2.50. The molecule has 3 nitrogen and oxygen atoms in total. The Morgan fingerprint density at radius 2 is 2.06 bits per heavy atom. The first-order valence-electron chi connectivity index (χ1n) is 5.15. The zero-order valence-corrected chi connectivity index (χ0v) is 13.4. The van der Waals surface area contributed by atoms with Gasteiger partial charge in [-0.15, -0.1) is 11.3 Å². The molecule has 0 spiro atoms. The predicted molar refractivity (Wildman–Crippen MR) is 79.7 cm³/mol. The van der Waals surface area contributed by atoms with E-state index in [9.17, 15) is 0 Å². The molecule has 0 aliphatic heterocycles. The van der Waals surface area contributed by atoms with Gasteiger partial charge in [0, 0.05) is 23.3 Å². The lowest BCUT2D eigenvalue weighted by molar-refractivity contribution is 1.01. The van der Waals surface area contributed by atoms with Crippen molar-refractivity contribution in [2.75, 3.05) is 12.4 Å². The molecule has 0 amide bonds. The van der Waals surface area contributed by atoms with E-state index < -0.39 is 0 Å². The second-order valence-electron chi connectivity index (χ2n) is 3.40. The van der Waals surface area contributed by atoms with Gasteiger partial charge in [0.2, 0.25) is 0 Å². The van der Waals surface area contributed by atoms with Crippen molar-refractivity contribution in [1.82, 2.24) is 9.97 Å². The van der Waals surface area contributed by atoms with E-state index in [2.05, 4.69) is 54.1 Å². The van der Waals surface area contributed by atoms with E-state index in [-0.39, 0.29) is 0 Å². The molecule has 0 aliphatic carbocycles. The van der Waals surface area contributed by atoms with Crippen LogP contribution in [0.25, 0.3) is 10.7 Å². The summed E-state index contributed by atoms with van der Waals surface area (Å²) in [6, 6.07) is 4.00. The van der Waals surface area contributed by atoms with Gasteiger partial charge in [0.15, 0.2) is 5.82 Å². The molecule has 0 saturated heterocycles. The molecule has 0 saturated carbocycles. The summed E-state index contributed by atoms with van der Waals surface area (Å²) in [5, 5.41) is 3.06. The molecule has 0 unspecified atom stereocenters. The summed E-state index contributed by atoms with van der Waals surface area (Å²) in [6.07, 6.45) is 0.901. The maximum absolute atomic E-state index is 4.54. The summed E-state index contributed by atoms with van der Waals surface area (Å²) < 4.78 is 2.10. The van der Waals surface area contributed by atoms with Gasteiger partial charge in [-0.1, -0.05) is 6.92 Å². The molecule has 90 valence electrons. The molecule has 2 aromatic heterocycles. The molecule has 6 heteroatoms. The van der Waals surface area contributed by atoms with E-state index in [1.54, 1.807) is 11.3 Å². The van der Waals surface area contributed by atoms with Crippen molar-refractivity contribution in [3.8, 4) is 10.7 Å². The van der Waals surface area contributed by atoms with Crippen LogP contribution in [0.5, 0.6) is 0 Å². The Bertz CT molecular complexity index is 498. The molecular formula is C11H11Br2N3S. The van der Waals surface area contributed by atoms with Crippen molar-refractivity contribution in [1.29, 1.82) is 0 Å². The average molecular weight is 377 g/mol. The maximum atomic E-state index is 4.54. The number of hydrogen-bond donors (Lipinski definition) is 1. The monoisotopic (exact) mass is 375 g/mol. The summed E-state index contributed by atoms with van der Waals surface area (Å²) in [5.41, 5.74) is 1.04. The number of hydrogen-bond acceptors (Lipinski definition) is 4. The van der Waals surface area contributed by atoms with E-state index in [1.165, 1.54) is 0 Å². The highest BCUT2D eigenvalue weighted by atomic mass is 79.9. The average Bonchev–Trinajstić information content (AvgIpc) is 2.69. The minimum Gasteiger partial charge on any atom is -0.373 e. The van der Waals surface area contributed by atoms with Crippen molar-refractivity contribution in [3.05, 3.63) is 26.1 Å². The zero-order valence-electron chi connectivity index (χ0n) is 9.42. The molecule has 1 N–H and O–H groups in total. The topological polar surface area (TPSA) is 37.8 Å². The van der Waals surface area contributed by atoms with Gasteiger partial charge in [0.05, 0.1) is 8.66 Å². The Morgan fingerprint density at radius 1 is 1.29 bits per heavy atom. The van der Waals surface area contributed by atoms with Gasteiger partial charge in [0.25, 0.3) is 0 Å². The summed E-state index contributed by atoms with van der Waals surface area (Å²) >= 11 is 8.58. The fraction of sp³-hybridized carbons (Fsp3) is 0.273. The molecule has 2 aromatic rings. The highest BCUT2D eigenvalue weighted by Gasteiger charge is 2.10. The standard InChI is InChI=1S/C11H11Br2N3S/c1-3-6-4-9(14-2)16-11(15-6)8-5-7(12)10(13)17-8/h4-5H,3H2,1-2H3,(H,14,15,16). The second-order valence-corrected chi connectivity index (χ2v) is 6.63. The first-order valence-corrected chi connectivity index (χ1v) is 7.55. The molecular weight excluding hydrogens is 366 g/mol. The van der Waals surface area contributed by atoms with Crippen LogP contribution in [0.2, 0.25) is 0 Å². The van der Waals surface area contributed by atoms with Gasteiger partial charge in [-0.05, 0) is 44.3 Å². The van der Waals surface area contributed by atoms with Crippen LogP contribution in [-0.4, -0.2) is 17.0 Å². The third kappa shape index (κ3) is 2.86. The number of halogens is 2.